The van der Waals surface area contributed by atoms with Gasteiger partial charge in [0.25, 0.3) is 0 Å². The summed E-state index contributed by atoms with van der Waals surface area (Å²) in [6.07, 6.45) is 1.70. The Balaban J connectivity index is 1.70. The van der Waals surface area contributed by atoms with Crippen molar-refractivity contribution in [3.63, 3.8) is 0 Å². The zero-order chi connectivity index (χ0) is 14.3. The molecular weight excluding hydrogens is 264 g/mol. The average molecular weight is 282 g/mol. The number of nitrogens with zero attached hydrogens (tertiary/aromatic N) is 2. The number of carbonyl (C=O) groups is 3. The molecule has 3 saturated heterocycles. The van der Waals surface area contributed by atoms with Gasteiger partial charge in [0, 0.05) is 26.2 Å². The van der Waals surface area contributed by atoms with Crippen LogP contribution in [0.15, 0.2) is 0 Å². The van der Waals surface area contributed by atoms with Gasteiger partial charge in [-0.25, -0.2) is 0 Å². The van der Waals surface area contributed by atoms with Gasteiger partial charge in [0.1, 0.15) is 0 Å². The van der Waals surface area contributed by atoms with Gasteiger partial charge in [0.05, 0.1) is 24.0 Å². The highest BCUT2D eigenvalue weighted by molar-refractivity contribution is 5.86. The van der Waals surface area contributed by atoms with Gasteiger partial charge in [-0.15, -0.1) is 0 Å². The summed E-state index contributed by atoms with van der Waals surface area (Å²) >= 11 is 0. The molecule has 0 radical (unpaired) electrons. The second-order valence-electron chi connectivity index (χ2n) is 5.65. The summed E-state index contributed by atoms with van der Waals surface area (Å²) in [5, 5.41) is 9.33. The van der Waals surface area contributed by atoms with Crippen LogP contribution >= 0.6 is 0 Å². The zero-order valence-corrected chi connectivity index (χ0v) is 11.1. The molecule has 0 aliphatic carbocycles. The minimum atomic E-state index is -0.943. The lowest BCUT2D eigenvalue weighted by Crippen LogP contribution is -2.53. The number of piperazine rings is 1. The van der Waals surface area contributed by atoms with Crippen molar-refractivity contribution < 1.29 is 24.2 Å². The van der Waals surface area contributed by atoms with Crippen molar-refractivity contribution in [1.82, 2.24) is 9.80 Å². The minimum absolute atomic E-state index is 0.129. The van der Waals surface area contributed by atoms with E-state index in [1.807, 2.05) is 0 Å². The lowest BCUT2D eigenvalue weighted by Gasteiger charge is -2.36. The Kier molecular flexibility index (Phi) is 3.37. The van der Waals surface area contributed by atoms with Crippen molar-refractivity contribution in [3.05, 3.63) is 0 Å². The van der Waals surface area contributed by atoms with Gasteiger partial charge in [-0.2, -0.15) is 0 Å². The number of carboxylic acid groups (broad SMARTS) is 1. The van der Waals surface area contributed by atoms with Gasteiger partial charge in [-0.1, -0.05) is 0 Å². The van der Waals surface area contributed by atoms with E-state index in [1.54, 1.807) is 9.80 Å². The van der Waals surface area contributed by atoms with Crippen molar-refractivity contribution in [2.75, 3.05) is 26.2 Å². The molecule has 3 aliphatic rings. The molecule has 3 aliphatic heterocycles. The van der Waals surface area contributed by atoms with Gasteiger partial charge in [-0.05, 0) is 12.8 Å². The molecule has 1 N–H and O–H groups in total. The largest absolute Gasteiger partial charge is 0.481 e. The number of rotatable bonds is 3. The lowest BCUT2D eigenvalue weighted by molar-refractivity contribution is -0.151. The SMILES string of the molecule is O=CN1CCN(C(=O)[C@H]2[C@@H](C(=O)O)[C@@H]3CC[C@H]2O3)CC1. The normalized spacial score (nSPS) is 36.2. The van der Waals surface area contributed by atoms with E-state index in [4.69, 9.17) is 4.74 Å². The van der Waals surface area contributed by atoms with Crippen LogP contribution in [0.4, 0.5) is 0 Å². The Bertz CT molecular complexity index is 432. The van der Waals surface area contributed by atoms with E-state index in [9.17, 15) is 19.5 Å². The Labute approximate surface area is 116 Å². The molecule has 110 valence electrons. The third kappa shape index (κ3) is 2.06. The molecule has 7 heteroatoms. The first-order valence-corrected chi connectivity index (χ1v) is 6.98. The summed E-state index contributed by atoms with van der Waals surface area (Å²) in [4.78, 5) is 37.9. The molecule has 0 aromatic heterocycles. The fraction of sp³-hybridized carbons (Fsp3) is 0.769. The van der Waals surface area contributed by atoms with Gasteiger partial charge >= 0.3 is 5.97 Å². The summed E-state index contributed by atoms with van der Waals surface area (Å²) in [5.74, 6) is -2.35. The van der Waals surface area contributed by atoms with E-state index in [2.05, 4.69) is 0 Å². The molecule has 3 rings (SSSR count). The Hall–Kier alpha value is -1.63. The highest BCUT2D eigenvalue weighted by atomic mass is 16.5. The molecule has 0 aromatic rings. The van der Waals surface area contributed by atoms with E-state index in [0.717, 1.165) is 19.3 Å². The summed E-state index contributed by atoms with van der Waals surface area (Å²) in [6, 6.07) is 0. The highest BCUT2D eigenvalue weighted by Gasteiger charge is 2.56. The van der Waals surface area contributed by atoms with Crippen LogP contribution in [0.25, 0.3) is 0 Å². The Morgan fingerprint density at radius 2 is 1.65 bits per heavy atom. The third-order valence-corrected chi connectivity index (χ3v) is 4.62. The van der Waals surface area contributed by atoms with Crippen molar-refractivity contribution in [1.29, 1.82) is 0 Å². The molecule has 7 nitrogen and oxygen atoms in total. The Morgan fingerprint density at radius 3 is 2.20 bits per heavy atom. The first kappa shape index (κ1) is 13.4. The zero-order valence-electron chi connectivity index (χ0n) is 11.1. The number of carboxylic acids is 1. The number of ether oxygens (including phenoxy) is 1. The summed E-state index contributed by atoms with van der Waals surface area (Å²) in [5.41, 5.74) is 0. The van der Waals surface area contributed by atoms with Crippen molar-refractivity contribution in [2.24, 2.45) is 11.8 Å². The van der Waals surface area contributed by atoms with Crippen molar-refractivity contribution in [2.45, 2.75) is 25.0 Å². The van der Waals surface area contributed by atoms with E-state index < -0.39 is 17.8 Å². The third-order valence-electron chi connectivity index (χ3n) is 4.62. The topological polar surface area (TPSA) is 87.2 Å². The maximum atomic E-state index is 12.6. The molecule has 0 aromatic carbocycles. The highest BCUT2D eigenvalue weighted by Crippen LogP contribution is 2.44. The molecule has 4 atom stereocenters. The first-order valence-electron chi connectivity index (χ1n) is 6.98. The maximum absolute atomic E-state index is 12.6. The fourth-order valence-electron chi connectivity index (χ4n) is 3.56. The molecule has 2 amide bonds. The molecule has 0 saturated carbocycles. The van der Waals surface area contributed by atoms with Crippen molar-refractivity contribution in [3.8, 4) is 0 Å². The van der Waals surface area contributed by atoms with E-state index in [-0.39, 0.29) is 18.1 Å². The van der Waals surface area contributed by atoms with Gasteiger partial charge in [0.15, 0.2) is 0 Å². The second-order valence-corrected chi connectivity index (χ2v) is 5.65. The van der Waals surface area contributed by atoms with Crippen molar-refractivity contribution >= 4 is 18.3 Å². The molecule has 20 heavy (non-hydrogen) atoms. The number of hydrogen-bond acceptors (Lipinski definition) is 4. The van der Waals surface area contributed by atoms with E-state index >= 15 is 0 Å². The molecule has 3 fully saturated rings. The molecular formula is C13H18N2O5. The summed E-state index contributed by atoms with van der Waals surface area (Å²) in [6.45, 7) is 1.96. The number of fused-ring (bicyclic) bond motifs is 2. The van der Waals surface area contributed by atoms with Crippen LogP contribution in [0.1, 0.15) is 12.8 Å². The van der Waals surface area contributed by atoms with E-state index in [0.29, 0.717) is 26.2 Å². The average Bonchev–Trinajstić information content (AvgIpc) is 3.07. The number of amides is 2. The number of carbonyl (C=O) groups excluding carboxylic acids is 2. The molecule has 3 heterocycles. The predicted molar refractivity (Wildman–Crippen MR) is 66.7 cm³/mol. The standard InChI is InChI=1S/C13H18N2O5/c16-7-14-3-5-15(6-4-14)12(17)10-8-1-2-9(20-8)11(10)13(18)19/h7-11H,1-6H2,(H,18,19)/t8-,9+,10-,11+/m1/s1. The predicted octanol–water partition coefficient (Wildman–Crippen LogP) is -0.835. The van der Waals surface area contributed by atoms with Gasteiger partial charge < -0.3 is 19.6 Å². The maximum Gasteiger partial charge on any atom is 0.310 e. The van der Waals surface area contributed by atoms with Gasteiger partial charge in [-0.3, -0.25) is 14.4 Å². The van der Waals surface area contributed by atoms with E-state index in [1.165, 1.54) is 0 Å². The minimum Gasteiger partial charge on any atom is -0.481 e. The number of hydrogen-bond donors (Lipinski definition) is 1. The first-order chi connectivity index (χ1) is 9.61. The van der Waals surface area contributed by atoms with Crippen LogP contribution in [0, 0.1) is 11.8 Å². The quantitative estimate of drug-likeness (QED) is 0.682. The lowest BCUT2D eigenvalue weighted by atomic mass is 9.78. The summed E-state index contributed by atoms with van der Waals surface area (Å²) in [7, 11) is 0. The van der Waals surface area contributed by atoms with Crippen LogP contribution < -0.4 is 0 Å². The monoisotopic (exact) mass is 282 g/mol. The van der Waals surface area contributed by atoms with Crippen LogP contribution in [-0.4, -0.2) is 71.6 Å². The summed E-state index contributed by atoms with van der Waals surface area (Å²) < 4.78 is 5.62. The molecule has 2 bridgehead atoms. The van der Waals surface area contributed by atoms with Crippen LogP contribution in [0.3, 0.4) is 0 Å². The Morgan fingerprint density at radius 1 is 1.05 bits per heavy atom. The number of aliphatic carboxylic acids is 1. The smallest absolute Gasteiger partial charge is 0.310 e. The fourth-order valence-corrected chi connectivity index (χ4v) is 3.56. The van der Waals surface area contributed by atoms with Crippen LogP contribution in [-0.2, 0) is 19.1 Å². The molecule has 0 unspecified atom stereocenters. The van der Waals surface area contributed by atoms with Gasteiger partial charge in [0.2, 0.25) is 12.3 Å². The molecule has 0 spiro atoms. The second kappa shape index (κ2) is 5.05. The van der Waals surface area contributed by atoms with Crippen LogP contribution in [0.5, 0.6) is 0 Å². The van der Waals surface area contributed by atoms with Crippen LogP contribution in [0.2, 0.25) is 0 Å².